The van der Waals surface area contributed by atoms with Gasteiger partial charge in [0.05, 0.1) is 5.57 Å². The Bertz CT molecular complexity index is 878. The molecule has 0 saturated carbocycles. The molecule has 0 amide bonds. The van der Waals surface area contributed by atoms with Crippen LogP contribution in [0, 0.1) is 6.92 Å². The maximum atomic E-state index is 11.5. The Morgan fingerprint density at radius 1 is 1.12 bits per heavy atom. The number of hydrogen-bond donors (Lipinski definition) is 1. The molecular formula is C21H18O3S. The van der Waals surface area contributed by atoms with E-state index in [2.05, 4.69) is 19.1 Å². The Balaban J connectivity index is 1.71. The fourth-order valence-corrected chi connectivity index (χ4v) is 3.20. The van der Waals surface area contributed by atoms with Gasteiger partial charge in [-0.2, -0.15) is 0 Å². The zero-order valence-electron chi connectivity index (χ0n) is 13.8. The first kappa shape index (κ1) is 17.0. The summed E-state index contributed by atoms with van der Waals surface area (Å²) >= 11 is 1.41. The molecule has 0 aliphatic carbocycles. The monoisotopic (exact) mass is 350 g/mol. The number of carboxylic acid groups (broad SMARTS) is 1. The van der Waals surface area contributed by atoms with Crippen LogP contribution in [0.4, 0.5) is 0 Å². The van der Waals surface area contributed by atoms with Gasteiger partial charge in [0.25, 0.3) is 0 Å². The molecule has 25 heavy (non-hydrogen) atoms. The molecule has 1 heterocycles. The third-order valence-corrected chi connectivity index (χ3v) is 4.60. The maximum Gasteiger partial charge on any atom is 0.337 e. The summed E-state index contributed by atoms with van der Waals surface area (Å²) < 4.78 is 5.79. The van der Waals surface area contributed by atoms with Crippen molar-refractivity contribution in [2.24, 2.45) is 0 Å². The Kier molecular flexibility index (Phi) is 5.31. The first-order chi connectivity index (χ1) is 12.1. The molecular weight excluding hydrogens is 332 g/mol. The van der Waals surface area contributed by atoms with Gasteiger partial charge in [0, 0.05) is 4.88 Å². The molecule has 0 fully saturated rings. The molecule has 0 radical (unpaired) electrons. The lowest BCUT2D eigenvalue weighted by Crippen LogP contribution is -1.98. The summed E-state index contributed by atoms with van der Waals surface area (Å²) in [6.07, 6.45) is 1.68. The molecule has 0 unspecified atom stereocenters. The highest BCUT2D eigenvalue weighted by molar-refractivity contribution is 7.11. The zero-order valence-corrected chi connectivity index (χ0v) is 14.6. The predicted octanol–water partition coefficient (Wildman–Crippen LogP) is 5.26. The van der Waals surface area contributed by atoms with Crippen LogP contribution in [-0.2, 0) is 11.4 Å². The van der Waals surface area contributed by atoms with Crippen LogP contribution in [0.25, 0.3) is 11.6 Å². The molecule has 1 aromatic heterocycles. The minimum absolute atomic E-state index is 0.295. The molecule has 4 heteroatoms. The van der Waals surface area contributed by atoms with Gasteiger partial charge in [-0.15, -0.1) is 11.3 Å². The van der Waals surface area contributed by atoms with Crippen molar-refractivity contribution in [1.29, 1.82) is 0 Å². The van der Waals surface area contributed by atoms with E-state index in [9.17, 15) is 9.90 Å². The number of carboxylic acids is 1. The van der Waals surface area contributed by atoms with Crippen molar-refractivity contribution in [3.05, 3.63) is 87.6 Å². The van der Waals surface area contributed by atoms with Crippen molar-refractivity contribution in [1.82, 2.24) is 0 Å². The number of thiophene rings is 1. The second kappa shape index (κ2) is 7.81. The molecule has 0 aliphatic rings. The Hall–Kier alpha value is -2.85. The summed E-state index contributed by atoms with van der Waals surface area (Å²) in [5.74, 6) is -0.172. The highest BCUT2D eigenvalue weighted by Gasteiger charge is 2.11. The van der Waals surface area contributed by atoms with Crippen molar-refractivity contribution >= 4 is 29.0 Å². The first-order valence-electron chi connectivity index (χ1n) is 7.89. The normalized spacial score (nSPS) is 11.3. The summed E-state index contributed by atoms with van der Waals surface area (Å²) in [6, 6.07) is 19.3. The van der Waals surface area contributed by atoms with Gasteiger partial charge in [-0.1, -0.05) is 48.0 Å². The van der Waals surface area contributed by atoms with E-state index in [-0.39, 0.29) is 0 Å². The van der Waals surface area contributed by atoms with Gasteiger partial charge in [0.2, 0.25) is 0 Å². The number of carbonyl (C=O) groups is 1. The molecule has 3 aromatic rings. The van der Waals surface area contributed by atoms with E-state index >= 15 is 0 Å². The number of aryl methyl sites for hydroxylation is 1. The molecule has 0 aliphatic heterocycles. The smallest absolute Gasteiger partial charge is 0.337 e. The molecule has 0 spiro atoms. The SMILES string of the molecule is Cc1cccc(COc2ccc(/C=C(/C(=O)O)c3cccs3)cc2)c1. The lowest BCUT2D eigenvalue weighted by atomic mass is 10.1. The van der Waals surface area contributed by atoms with Gasteiger partial charge in [-0.3, -0.25) is 0 Å². The lowest BCUT2D eigenvalue weighted by molar-refractivity contribution is -0.130. The van der Waals surface area contributed by atoms with E-state index in [0.717, 1.165) is 21.8 Å². The number of benzene rings is 2. The summed E-state index contributed by atoms with van der Waals surface area (Å²) in [6.45, 7) is 2.56. The van der Waals surface area contributed by atoms with Crippen LogP contribution in [0.2, 0.25) is 0 Å². The number of ether oxygens (including phenoxy) is 1. The third-order valence-electron chi connectivity index (χ3n) is 3.70. The van der Waals surface area contributed by atoms with Crippen LogP contribution in [0.15, 0.2) is 66.0 Å². The predicted molar refractivity (Wildman–Crippen MR) is 102 cm³/mol. The van der Waals surface area contributed by atoms with Gasteiger partial charge in [0.1, 0.15) is 12.4 Å². The largest absolute Gasteiger partial charge is 0.489 e. The molecule has 0 saturated heterocycles. The molecule has 3 rings (SSSR count). The zero-order chi connectivity index (χ0) is 17.6. The maximum absolute atomic E-state index is 11.5. The van der Waals surface area contributed by atoms with Gasteiger partial charge >= 0.3 is 5.97 Å². The van der Waals surface area contributed by atoms with E-state index < -0.39 is 5.97 Å². The third kappa shape index (κ3) is 4.58. The average Bonchev–Trinajstić information content (AvgIpc) is 3.13. The Morgan fingerprint density at radius 2 is 1.92 bits per heavy atom. The minimum Gasteiger partial charge on any atom is -0.489 e. The number of hydrogen-bond acceptors (Lipinski definition) is 3. The van der Waals surface area contributed by atoms with Crippen LogP contribution in [0.5, 0.6) is 5.75 Å². The van der Waals surface area contributed by atoms with E-state index in [4.69, 9.17) is 4.74 Å². The van der Waals surface area contributed by atoms with Gasteiger partial charge in [-0.25, -0.2) is 4.79 Å². The summed E-state index contributed by atoms with van der Waals surface area (Å²) in [5, 5.41) is 11.3. The number of aliphatic carboxylic acids is 1. The standard InChI is InChI=1S/C21H18O3S/c1-15-4-2-5-17(12-15)14-24-18-9-7-16(8-10-18)13-19(21(22)23)20-6-3-11-25-20/h2-13H,14H2,1H3,(H,22,23)/b19-13+. The van der Waals surface area contributed by atoms with Gasteiger partial charge < -0.3 is 9.84 Å². The van der Waals surface area contributed by atoms with Crippen molar-refractivity contribution in [3.8, 4) is 5.75 Å². The molecule has 1 N–H and O–H groups in total. The van der Waals surface area contributed by atoms with Crippen LogP contribution in [0.1, 0.15) is 21.6 Å². The number of rotatable bonds is 6. The van der Waals surface area contributed by atoms with E-state index in [0.29, 0.717) is 12.2 Å². The molecule has 2 aromatic carbocycles. The van der Waals surface area contributed by atoms with Gasteiger partial charge in [0.15, 0.2) is 0 Å². The first-order valence-corrected chi connectivity index (χ1v) is 8.77. The van der Waals surface area contributed by atoms with Crippen molar-refractivity contribution in [3.63, 3.8) is 0 Å². The summed E-state index contributed by atoms with van der Waals surface area (Å²) in [5.41, 5.74) is 3.45. The summed E-state index contributed by atoms with van der Waals surface area (Å²) in [4.78, 5) is 12.2. The van der Waals surface area contributed by atoms with Crippen molar-refractivity contribution < 1.29 is 14.6 Å². The van der Waals surface area contributed by atoms with Gasteiger partial charge in [-0.05, 0) is 47.7 Å². The molecule has 0 bridgehead atoms. The second-order valence-electron chi connectivity index (χ2n) is 5.69. The van der Waals surface area contributed by atoms with Crippen LogP contribution in [-0.4, -0.2) is 11.1 Å². The Morgan fingerprint density at radius 3 is 2.56 bits per heavy atom. The Labute approximate surface area is 150 Å². The van der Waals surface area contributed by atoms with E-state index in [1.165, 1.54) is 16.9 Å². The summed E-state index contributed by atoms with van der Waals surface area (Å²) in [7, 11) is 0. The topological polar surface area (TPSA) is 46.5 Å². The van der Waals surface area contributed by atoms with Crippen LogP contribution in [0.3, 0.4) is 0 Å². The van der Waals surface area contributed by atoms with Crippen LogP contribution >= 0.6 is 11.3 Å². The molecule has 126 valence electrons. The van der Waals surface area contributed by atoms with Crippen molar-refractivity contribution in [2.45, 2.75) is 13.5 Å². The van der Waals surface area contributed by atoms with E-state index in [1.807, 2.05) is 53.9 Å². The second-order valence-corrected chi connectivity index (χ2v) is 6.63. The fourth-order valence-electron chi connectivity index (χ4n) is 2.47. The highest BCUT2D eigenvalue weighted by atomic mass is 32.1. The molecule has 0 atom stereocenters. The van der Waals surface area contributed by atoms with Crippen molar-refractivity contribution in [2.75, 3.05) is 0 Å². The minimum atomic E-state index is -0.928. The fraction of sp³-hybridized carbons (Fsp3) is 0.0952. The quantitative estimate of drug-likeness (QED) is 0.617. The molecule has 3 nitrogen and oxygen atoms in total. The van der Waals surface area contributed by atoms with E-state index in [1.54, 1.807) is 6.08 Å². The average molecular weight is 350 g/mol. The van der Waals surface area contributed by atoms with Crippen LogP contribution < -0.4 is 4.74 Å². The highest BCUT2D eigenvalue weighted by Crippen LogP contribution is 2.24. The lowest BCUT2D eigenvalue weighted by Gasteiger charge is -2.07.